The molecule has 28 heavy (non-hydrogen) atoms. The molecule has 0 aliphatic rings. The summed E-state index contributed by atoms with van der Waals surface area (Å²) >= 11 is 2.88. The molecule has 4 aromatic rings. The summed E-state index contributed by atoms with van der Waals surface area (Å²) in [5.74, 6) is 1.82. The summed E-state index contributed by atoms with van der Waals surface area (Å²) in [5, 5.41) is 16.1. The van der Waals surface area contributed by atoms with E-state index >= 15 is 0 Å². The van der Waals surface area contributed by atoms with Gasteiger partial charge in [-0.1, -0.05) is 34.3 Å². The molecule has 0 amide bonds. The molecule has 0 aliphatic heterocycles. The third kappa shape index (κ3) is 4.46. The number of ether oxygens (including phenoxy) is 1. The lowest BCUT2D eigenvalue weighted by molar-refractivity contribution is 0.415. The van der Waals surface area contributed by atoms with Crippen molar-refractivity contribution in [2.45, 2.75) is 10.1 Å². The molecule has 0 fully saturated rings. The van der Waals surface area contributed by atoms with E-state index in [4.69, 9.17) is 9.26 Å². The van der Waals surface area contributed by atoms with E-state index in [0.29, 0.717) is 28.2 Å². The molecule has 0 saturated heterocycles. The molecule has 0 radical (unpaired) electrons. The molecular formula is C18H14FN5O2S2. The molecule has 2 heterocycles. The first-order valence-corrected chi connectivity index (χ1v) is 9.96. The lowest BCUT2D eigenvalue weighted by Gasteiger charge is -2.04. The molecule has 10 heteroatoms. The van der Waals surface area contributed by atoms with Gasteiger partial charge in [0.15, 0.2) is 10.2 Å². The second-order valence-corrected chi connectivity index (χ2v) is 7.74. The van der Waals surface area contributed by atoms with E-state index in [1.54, 1.807) is 19.2 Å². The number of rotatable bonds is 7. The van der Waals surface area contributed by atoms with Crippen LogP contribution in [0.1, 0.15) is 5.82 Å². The number of thioether (sulfide) groups is 1. The van der Waals surface area contributed by atoms with Crippen molar-refractivity contribution in [3.63, 3.8) is 0 Å². The highest BCUT2D eigenvalue weighted by atomic mass is 32.2. The predicted molar refractivity (Wildman–Crippen MR) is 105 cm³/mol. The Balaban J connectivity index is 1.36. The van der Waals surface area contributed by atoms with Gasteiger partial charge >= 0.3 is 0 Å². The summed E-state index contributed by atoms with van der Waals surface area (Å²) in [5.41, 5.74) is 1.54. The Bertz CT molecular complexity index is 1070. The fourth-order valence-corrected chi connectivity index (χ4v) is 3.91. The smallest absolute Gasteiger partial charge is 0.257 e. The van der Waals surface area contributed by atoms with Crippen molar-refractivity contribution in [3.05, 3.63) is 60.2 Å². The van der Waals surface area contributed by atoms with Gasteiger partial charge in [-0.3, -0.25) is 0 Å². The fourth-order valence-electron chi connectivity index (χ4n) is 2.29. The normalized spacial score (nSPS) is 10.8. The number of aromatic nitrogens is 4. The lowest BCUT2D eigenvalue weighted by Crippen LogP contribution is -1.90. The summed E-state index contributed by atoms with van der Waals surface area (Å²) in [6.45, 7) is 0. The highest BCUT2D eigenvalue weighted by Gasteiger charge is 2.11. The number of nitrogens with one attached hydrogen (secondary N) is 1. The average molecular weight is 415 g/mol. The molecule has 7 nitrogen and oxygen atoms in total. The molecule has 1 N–H and O–H groups in total. The Morgan fingerprint density at radius 1 is 1.18 bits per heavy atom. The standard InChI is InChI=1S/C18H14FN5O2S2/c1-25-14-4-2-3-13(9-14)20-17-22-23-18(28-17)27-10-15-21-16(26-24-15)11-5-7-12(19)8-6-11/h2-9H,10H2,1H3,(H,20,22). The van der Waals surface area contributed by atoms with Crippen LogP contribution in [0.5, 0.6) is 5.75 Å². The van der Waals surface area contributed by atoms with Gasteiger partial charge in [-0.25, -0.2) is 4.39 Å². The summed E-state index contributed by atoms with van der Waals surface area (Å²) in [4.78, 5) is 4.32. The third-order valence-electron chi connectivity index (χ3n) is 3.61. The van der Waals surface area contributed by atoms with Gasteiger partial charge in [-0.05, 0) is 36.4 Å². The summed E-state index contributed by atoms with van der Waals surface area (Å²) < 4.78 is 24.2. The zero-order chi connectivity index (χ0) is 19.3. The monoisotopic (exact) mass is 415 g/mol. The van der Waals surface area contributed by atoms with Gasteiger partial charge in [0.2, 0.25) is 5.13 Å². The second-order valence-electron chi connectivity index (χ2n) is 5.54. The Morgan fingerprint density at radius 3 is 2.86 bits per heavy atom. The van der Waals surface area contributed by atoms with Gasteiger partial charge in [0.1, 0.15) is 11.6 Å². The Morgan fingerprint density at radius 2 is 2.04 bits per heavy atom. The van der Waals surface area contributed by atoms with E-state index in [9.17, 15) is 4.39 Å². The highest BCUT2D eigenvalue weighted by molar-refractivity contribution is 8.00. The van der Waals surface area contributed by atoms with Crippen molar-refractivity contribution >= 4 is 33.9 Å². The molecular weight excluding hydrogens is 401 g/mol. The number of hydrogen-bond acceptors (Lipinski definition) is 9. The van der Waals surface area contributed by atoms with Crippen LogP contribution in [0.2, 0.25) is 0 Å². The van der Waals surface area contributed by atoms with Crippen molar-refractivity contribution < 1.29 is 13.7 Å². The predicted octanol–water partition coefficient (Wildman–Crippen LogP) is 4.77. The molecule has 2 aromatic heterocycles. The van der Waals surface area contributed by atoms with Crippen LogP contribution in [0.3, 0.4) is 0 Å². The van der Waals surface area contributed by atoms with Crippen molar-refractivity contribution in [1.82, 2.24) is 20.3 Å². The first-order valence-electron chi connectivity index (χ1n) is 8.15. The summed E-state index contributed by atoms with van der Waals surface area (Å²) in [6, 6.07) is 13.5. The minimum atomic E-state index is -0.311. The number of benzene rings is 2. The van der Waals surface area contributed by atoms with E-state index in [1.807, 2.05) is 24.3 Å². The van der Waals surface area contributed by atoms with Crippen LogP contribution in [-0.2, 0) is 5.75 Å². The van der Waals surface area contributed by atoms with Gasteiger partial charge in [0, 0.05) is 17.3 Å². The van der Waals surface area contributed by atoms with Crippen LogP contribution >= 0.6 is 23.1 Å². The van der Waals surface area contributed by atoms with Gasteiger partial charge in [0.25, 0.3) is 5.89 Å². The Kier molecular flexibility index (Phi) is 5.49. The number of anilines is 2. The quantitative estimate of drug-likeness (QED) is 0.432. The van der Waals surface area contributed by atoms with E-state index in [-0.39, 0.29) is 5.82 Å². The minimum Gasteiger partial charge on any atom is -0.497 e. The Hall–Kier alpha value is -2.98. The summed E-state index contributed by atoms with van der Waals surface area (Å²) in [7, 11) is 1.62. The van der Waals surface area contributed by atoms with E-state index in [1.165, 1.54) is 35.2 Å². The van der Waals surface area contributed by atoms with E-state index < -0.39 is 0 Å². The largest absolute Gasteiger partial charge is 0.497 e. The SMILES string of the molecule is COc1cccc(Nc2nnc(SCc3noc(-c4ccc(F)cc4)n3)s2)c1. The molecule has 0 spiro atoms. The lowest BCUT2D eigenvalue weighted by atomic mass is 10.2. The first-order chi connectivity index (χ1) is 13.7. The molecule has 142 valence electrons. The number of nitrogens with zero attached hydrogens (tertiary/aromatic N) is 4. The minimum absolute atomic E-state index is 0.311. The highest BCUT2D eigenvalue weighted by Crippen LogP contribution is 2.30. The second kappa shape index (κ2) is 8.36. The average Bonchev–Trinajstić information content (AvgIpc) is 3.37. The van der Waals surface area contributed by atoms with E-state index in [0.717, 1.165) is 15.8 Å². The Labute approximate surface area is 168 Å². The molecule has 0 saturated carbocycles. The summed E-state index contributed by atoms with van der Waals surface area (Å²) in [6.07, 6.45) is 0. The van der Waals surface area contributed by atoms with Gasteiger partial charge in [-0.2, -0.15) is 4.98 Å². The van der Waals surface area contributed by atoms with Crippen LogP contribution in [0, 0.1) is 5.82 Å². The van der Waals surface area contributed by atoms with Crippen molar-refractivity contribution in [3.8, 4) is 17.2 Å². The first kappa shape index (κ1) is 18.4. The van der Waals surface area contributed by atoms with Crippen LogP contribution in [-0.4, -0.2) is 27.4 Å². The van der Waals surface area contributed by atoms with Crippen LogP contribution < -0.4 is 10.1 Å². The molecule has 0 bridgehead atoms. The number of methoxy groups -OCH3 is 1. The molecule has 0 aliphatic carbocycles. The topological polar surface area (TPSA) is 86.0 Å². The molecule has 4 rings (SSSR count). The maximum absolute atomic E-state index is 13.0. The van der Waals surface area contributed by atoms with Crippen LogP contribution in [0.15, 0.2) is 57.4 Å². The van der Waals surface area contributed by atoms with Gasteiger partial charge < -0.3 is 14.6 Å². The third-order valence-corrected chi connectivity index (χ3v) is 5.58. The molecule has 0 atom stereocenters. The number of hydrogen-bond donors (Lipinski definition) is 1. The van der Waals surface area contributed by atoms with Crippen LogP contribution in [0.4, 0.5) is 15.2 Å². The maximum Gasteiger partial charge on any atom is 0.257 e. The van der Waals surface area contributed by atoms with Crippen molar-refractivity contribution in [2.75, 3.05) is 12.4 Å². The zero-order valence-corrected chi connectivity index (χ0v) is 16.3. The van der Waals surface area contributed by atoms with Crippen LogP contribution in [0.25, 0.3) is 11.5 Å². The van der Waals surface area contributed by atoms with E-state index in [2.05, 4.69) is 25.7 Å². The fraction of sp³-hybridized carbons (Fsp3) is 0.111. The molecule has 2 aromatic carbocycles. The maximum atomic E-state index is 13.0. The number of halogens is 1. The van der Waals surface area contributed by atoms with Gasteiger partial charge in [-0.15, -0.1) is 10.2 Å². The zero-order valence-electron chi connectivity index (χ0n) is 14.6. The van der Waals surface area contributed by atoms with Crippen molar-refractivity contribution in [2.24, 2.45) is 0 Å². The van der Waals surface area contributed by atoms with Gasteiger partial charge in [0.05, 0.1) is 12.9 Å². The molecule has 0 unspecified atom stereocenters. The van der Waals surface area contributed by atoms with Crippen molar-refractivity contribution in [1.29, 1.82) is 0 Å².